The lowest BCUT2D eigenvalue weighted by atomic mass is 9.95. The van der Waals surface area contributed by atoms with E-state index in [1.54, 1.807) is 0 Å². The van der Waals surface area contributed by atoms with Crippen molar-refractivity contribution >= 4 is 5.84 Å². The van der Waals surface area contributed by atoms with E-state index in [-0.39, 0.29) is 0 Å². The molecule has 0 aromatic heterocycles. The van der Waals surface area contributed by atoms with Crippen molar-refractivity contribution in [1.29, 1.82) is 5.41 Å². The fraction of sp³-hybridized carbons (Fsp3) is 0.900. The highest BCUT2D eigenvalue weighted by Crippen LogP contribution is 2.20. The topological polar surface area (TPSA) is 53.1 Å². The van der Waals surface area contributed by atoms with Crippen LogP contribution >= 0.6 is 0 Å². The van der Waals surface area contributed by atoms with Crippen LogP contribution in [0.2, 0.25) is 0 Å². The van der Waals surface area contributed by atoms with Crippen molar-refractivity contribution in [2.45, 2.75) is 39.2 Å². The molecular formula is C10H21N3. The highest BCUT2D eigenvalue weighted by atomic mass is 15.2. The summed E-state index contributed by atoms with van der Waals surface area (Å²) in [5.41, 5.74) is 5.35. The van der Waals surface area contributed by atoms with E-state index in [2.05, 4.69) is 18.7 Å². The smallest absolute Gasteiger partial charge is 0.0918 e. The van der Waals surface area contributed by atoms with Gasteiger partial charge < -0.3 is 5.73 Å². The molecule has 0 aromatic rings. The lowest BCUT2D eigenvalue weighted by Gasteiger charge is -2.36. The first-order valence-corrected chi connectivity index (χ1v) is 5.16. The molecule has 2 unspecified atom stereocenters. The Morgan fingerprint density at radius 3 is 2.77 bits per heavy atom. The van der Waals surface area contributed by atoms with Crippen molar-refractivity contribution < 1.29 is 0 Å². The zero-order valence-corrected chi connectivity index (χ0v) is 8.71. The molecule has 0 saturated carbocycles. The van der Waals surface area contributed by atoms with Crippen LogP contribution in [0, 0.1) is 11.3 Å². The monoisotopic (exact) mass is 183 g/mol. The lowest BCUT2D eigenvalue weighted by molar-refractivity contribution is 0.128. The summed E-state index contributed by atoms with van der Waals surface area (Å²) < 4.78 is 0. The first-order valence-electron chi connectivity index (χ1n) is 5.16. The number of amidine groups is 1. The van der Waals surface area contributed by atoms with Gasteiger partial charge in [0.2, 0.25) is 0 Å². The normalized spacial score (nSPS) is 30.3. The van der Waals surface area contributed by atoms with Gasteiger partial charge in [0.25, 0.3) is 0 Å². The van der Waals surface area contributed by atoms with Gasteiger partial charge in [-0.3, -0.25) is 10.3 Å². The molecule has 1 saturated heterocycles. The van der Waals surface area contributed by atoms with Crippen molar-refractivity contribution in [2.75, 3.05) is 13.1 Å². The van der Waals surface area contributed by atoms with Crippen LogP contribution in [-0.4, -0.2) is 29.9 Å². The molecule has 1 aliphatic rings. The molecular weight excluding hydrogens is 162 g/mol. The van der Waals surface area contributed by atoms with Crippen LogP contribution in [0.5, 0.6) is 0 Å². The fourth-order valence-corrected chi connectivity index (χ4v) is 1.96. The van der Waals surface area contributed by atoms with E-state index in [4.69, 9.17) is 11.1 Å². The van der Waals surface area contributed by atoms with Gasteiger partial charge in [-0.15, -0.1) is 0 Å². The van der Waals surface area contributed by atoms with E-state index < -0.39 is 0 Å². The Kier molecular flexibility index (Phi) is 3.72. The second-order valence-electron chi connectivity index (χ2n) is 4.30. The molecule has 3 nitrogen and oxygen atoms in total. The number of piperidine rings is 1. The Hall–Kier alpha value is -0.570. The Bertz CT molecular complexity index is 179. The quantitative estimate of drug-likeness (QED) is 0.514. The highest BCUT2D eigenvalue weighted by molar-refractivity contribution is 5.76. The first kappa shape index (κ1) is 10.5. The molecule has 3 heteroatoms. The largest absolute Gasteiger partial charge is 0.388 e. The van der Waals surface area contributed by atoms with Crippen LogP contribution in [0.4, 0.5) is 0 Å². The minimum absolute atomic E-state index is 0.311. The van der Waals surface area contributed by atoms with Crippen molar-refractivity contribution in [1.82, 2.24) is 4.90 Å². The van der Waals surface area contributed by atoms with Crippen LogP contribution in [0.25, 0.3) is 0 Å². The van der Waals surface area contributed by atoms with Gasteiger partial charge >= 0.3 is 0 Å². The summed E-state index contributed by atoms with van der Waals surface area (Å²) in [6, 6.07) is 0.676. The van der Waals surface area contributed by atoms with Gasteiger partial charge in [-0.2, -0.15) is 0 Å². The summed E-state index contributed by atoms with van der Waals surface area (Å²) in [6.45, 7) is 6.70. The minimum atomic E-state index is 0.311. The SMILES string of the molecule is CC1CCC(C)N(CCC(=N)N)C1. The summed E-state index contributed by atoms with van der Waals surface area (Å²) in [5, 5.41) is 7.18. The third-order valence-electron chi connectivity index (χ3n) is 2.92. The van der Waals surface area contributed by atoms with Gasteiger partial charge in [-0.1, -0.05) is 6.92 Å². The number of nitrogens with two attached hydrogens (primary N) is 1. The average Bonchev–Trinajstić information content (AvgIpc) is 2.06. The number of rotatable bonds is 3. The predicted molar refractivity (Wildman–Crippen MR) is 56.0 cm³/mol. The van der Waals surface area contributed by atoms with E-state index in [1.165, 1.54) is 19.4 Å². The number of hydrogen-bond donors (Lipinski definition) is 2. The Morgan fingerprint density at radius 1 is 1.46 bits per heavy atom. The van der Waals surface area contributed by atoms with Gasteiger partial charge in [0.1, 0.15) is 0 Å². The lowest BCUT2D eigenvalue weighted by Crippen LogP contribution is -2.42. The molecule has 1 aliphatic heterocycles. The zero-order valence-electron chi connectivity index (χ0n) is 8.71. The molecule has 0 radical (unpaired) electrons. The van der Waals surface area contributed by atoms with Crippen molar-refractivity contribution in [2.24, 2.45) is 11.7 Å². The molecule has 76 valence electrons. The molecule has 1 fully saturated rings. The third kappa shape index (κ3) is 3.35. The maximum absolute atomic E-state index is 7.18. The van der Waals surface area contributed by atoms with Crippen LogP contribution in [0.15, 0.2) is 0 Å². The Balaban J connectivity index is 2.33. The maximum Gasteiger partial charge on any atom is 0.0918 e. The van der Waals surface area contributed by atoms with E-state index in [0.29, 0.717) is 11.9 Å². The number of nitrogens with zero attached hydrogens (tertiary/aromatic N) is 1. The van der Waals surface area contributed by atoms with Crippen molar-refractivity contribution in [3.05, 3.63) is 0 Å². The first-order chi connectivity index (χ1) is 6.09. The predicted octanol–water partition coefficient (Wildman–Crippen LogP) is 1.43. The highest BCUT2D eigenvalue weighted by Gasteiger charge is 2.22. The van der Waals surface area contributed by atoms with Crippen LogP contribution in [0.3, 0.4) is 0 Å². The van der Waals surface area contributed by atoms with E-state index in [1.807, 2.05) is 0 Å². The van der Waals surface area contributed by atoms with Crippen molar-refractivity contribution in [3.8, 4) is 0 Å². The average molecular weight is 183 g/mol. The second kappa shape index (κ2) is 4.61. The van der Waals surface area contributed by atoms with Crippen molar-refractivity contribution in [3.63, 3.8) is 0 Å². The van der Waals surface area contributed by atoms with E-state index >= 15 is 0 Å². The maximum atomic E-state index is 7.18. The third-order valence-corrected chi connectivity index (χ3v) is 2.92. The number of hydrogen-bond acceptors (Lipinski definition) is 2. The zero-order chi connectivity index (χ0) is 9.84. The van der Waals surface area contributed by atoms with Crippen LogP contribution < -0.4 is 5.73 Å². The minimum Gasteiger partial charge on any atom is -0.388 e. The molecule has 2 atom stereocenters. The standard InChI is InChI=1S/C10H21N3/c1-8-3-4-9(2)13(7-8)6-5-10(11)12/h8-9H,3-7H2,1-2H3,(H3,11,12). The fourth-order valence-electron chi connectivity index (χ4n) is 1.96. The van der Waals surface area contributed by atoms with Gasteiger partial charge in [-0.05, 0) is 25.7 Å². The molecule has 1 rings (SSSR count). The van der Waals surface area contributed by atoms with Crippen LogP contribution in [0.1, 0.15) is 33.1 Å². The number of nitrogens with one attached hydrogen (secondary N) is 1. The van der Waals surface area contributed by atoms with Gasteiger partial charge in [0, 0.05) is 25.6 Å². The second-order valence-corrected chi connectivity index (χ2v) is 4.30. The van der Waals surface area contributed by atoms with E-state index in [0.717, 1.165) is 18.9 Å². The summed E-state index contributed by atoms with van der Waals surface area (Å²) >= 11 is 0. The van der Waals surface area contributed by atoms with Gasteiger partial charge in [-0.25, -0.2) is 0 Å². The Morgan fingerprint density at radius 2 is 2.15 bits per heavy atom. The van der Waals surface area contributed by atoms with Gasteiger partial charge in [0.05, 0.1) is 5.84 Å². The van der Waals surface area contributed by atoms with E-state index in [9.17, 15) is 0 Å². The van der Waals surface area contributed by atoms with Gasteiger partial charge in [0.15, 0.2) is 0 Å². The molecule has 1 heterocycles. The summed E-state index contributed by atoms with van der Waals surface area (Å²) in [5.74, 6) is 1.12. The number of likely N-dealkylation sites (tertiary alicyclic amines) is 1. The summed E-state index contributed by atoms with van der Waals surface area (Å²) in [6.07, 6.45) is 3.36. The molecule has 13 heavy (non-hydrogen) atoms. The van der Waals surface area contributed by atoms with Crippen LogP contribution in [-0.2, 0) is 0 Å². The molecule has 0 amide bonds. The molecule has 0 aliphatic carbocycles. The Labute approximate surface area is 80.8 Å². The molecule has 0 spiro atoms. The molecule has 3 N–H and O–H groups in total. The summed E-state index contributed by atoms with van der Waals surface area (Å²) in [4.78, 5) is 2.45. The molecule has 0 aromatic carbocycles. The molecule has 0 bridgehead atoms. The summed E-state index contributed by atoms with van der Waals surface area (Å²) in [7, 11) is 0.